The van der Waals surface area contributed by atoms with Crippen LogP contribution in [0.3, 0.4) is 0 Å². The number of ether oxygens (including phenoxy) is 1. The van der Waals surface area contributed by atoms with Gasteiger partial charge in [-0.05, 0) is 25.7 Å². The molecule has 3 aliphatic rings. The summed E-state index contributed by atoms with van der Waals surface area (Å²) in [6.45, 7) is 1.97. The highest BCUT2D eigenvalue weighted by Gasteiger charge is 2.38. The van der Waals surface area contributed by atoms with E-state index in [4.69, 9.17) is 4.74 Å². The van der Waals surface area contributed by atoms with Crippen molar-refractivity contribution in [2.45, 2.75) is 62.9 Å². The van der Waals surface area contributed by atoms with Crippen LogP contribution in [0.15, 0.2) is 12.4 Å². The fraction of sp³-hybridized carbons (Fsp3) is 0.722. The molecule has 0 unspecified atom stereocenters. The molecular formula is C18H26N4O2. The Labute approximate surface area is 143 Å². The van der Waals surface area contributed by atoms with Crippen LogP contribution in [0.4, 0.5) is 10.5 Å². The van der Waals surface area contributed by atoms with E-state index in [-0.39, 0.29) is 11.6 Å². The average molecular weight is 330 g/mol. The summed E-state index contributed by atoms with van der Waals surface area (Å²) >= 11 is 0. The Hall–Kier alpha value is -1.69. The molecule has 0 radical (unpaired) electrons. The number of carbonyl (C=O) groups is 1. The van der Waals surface area contributed by atoms with Gasteiger partial charge in [0, 0.05) is 12.5 Å². The summed E-state index contributed by atoms with van der Waals surface area (Å²) in [4.78, 5) is 23.2. The maximum Gasteiger partial charge on any atom is 0.322 e. The highest BCUT2D eigenvalue weighted by atomic mass is 16.5. The fourth-order valence-corrected chi connectivity index (χ4v) is 3.85. The fourth-order valence-electron chi connectivity index (χ4n) is 3.85. The van der Waals surface area contributed by atoms with E-state index in [0.29, 0.717) is 31.3 Å². The summed E-state index contributed by atoms with van der Waals surface area (Å²) < 4.78 is 6.12. The molecule has 2 amide bonds. The normalized spacial score (nSPS) is 23.8. The molecule has 3 fully saturated rings. The van der Waals surface area contributed by atoms with Crippen molar-refractivity contribution < 1.29 is 9.53 Å². The summed E-state index contributed by atoms with van der Waals surface area (Å²) in [6, 6.07) is -0.0651. The minimum absolute atomic E-state index is 0.0651. The van der Waals surface area contributed by atoms with Gasteiger partial charge in [0.1, 0.15) is 5.82 Å². The van der Waals surface area contributed by atoms with E-state index < -0.39 is 0 Å². The maximum absolute atomic E-state index is 12.6. The summed E-state index contributed by atoms with van der Waals surface area (Å²) in [5, 5.41) is 2.94. The first kappa shape index (κ1) is 15.8. The van der Waals surface area contributed by atoms with Gasteiger partial charge in [0.05, 0.1) is 36.8 Å². The zero-order chi connectivity index (χ0) is 16.4. The number of rotatable bonds is 2. The predicted molar refractivity (Wildman–Crippen MR) is 91.0 cm³/mol. The Morgan fingerprint density at radius 1 is 1.17 bits per heavy atom. The van der Waals surface area contributed by atoms with E-state index in [1.165, 1.54) is 38.5 Å². The third kappa shape index (κ3) is 3.53. The monoisotopic (exact) mass is 330 g/mol. The molecule has 2 aliphatic carbocycles. The molecule has 1 aromatic heterocycles. The van der Waals surface area contributed by atoms with Gasteiger partial charge >= 0.3 is 6.03 Å². The summed E-state index contributed by atoms with van der Waals surface area (Å²) in [5.41, 5.74) is 0.545. The first-order valence-corrected chi connectivity index (χ1v) is 9.26. The van der Waals surface area contributed by atoms with Crippen LogP contribution in [-0.2, 0) is 4.74 Å². The topological polar surface area (TPSA) is 67.4 Å². The van der Waals surface area contributed by atoms with Crippen LogP contribution in [0.25, 0.3) is 0 Å². The number of aromatic nitrogens is 2. The molecule has 130 valence electrons. The van der Waals surface area contributed by atoms with E-state index in [1.807, 2.05) is 4.90 Å². The lowest BCUT2D eigenvalue weighted by molar-refractivity contribution is -0.104. The summed E-state index contributed by atoms with van der Waals surface area (Å²) in [5.74, 6) is 1.43. The quantitative estimate of drug-likeness (QED) is 0.903. The number of carbonyl (C=O) groups excluding carboxylic acids is 1. The molecule has 1 aliphatic heterocycles. The van der Waals surface area contributed by atoms with Crippen molar-refractivity contribution in [2.24, 2.45) is 0 Å². The maximum atomic E-state index is 12.6. The number of amides is 2. The Kier molecular flexibility index (Phi) is 4.39. The van der Waals surface area contributed by atoms with Gasteiger partial charge < -0.3 is 15.0 Å². The zero-order valence-electron chi connectivity index (χ0n) is 14.2. The van der Waals surface area contributed by atoms with Gasteiger partial charge in [0.25, 0.3) is 0 Å². The molecule has 2 heterocycles. The lowest BCUT2D eigenvalue weighted by atomic mass is 9.92. The molecule has 0 aromatic carbocycles. The molecule has 1 spiro atoms. The molecule has 2 saturated carbocycles. The van der Waals surface area contributed by atoms with Gasteiger partial charge in [0.15, 0.2) is 0 Å². The molecule has 6 heteroatoms. The Balaban J connectivity index is 1.38. The number of hydrogen-bond acceptors (Lipinski definition) is 4. The smallest absolute Gasteiger partial charge is 0.322 e. The van der Waals surface area contributed by atoms with Gasteiger partial charge in [-0.3, -0.25) is 0 Å². The number of nitrogens with zero attached hydrogens (tertiary/aromatic N) is 3. The second kappa shape index (κ2) is 6.67. The Morgan fingerprint density at radius 3 is 2.54 bits per heavy atom. The van der Waals surface area contributed by atoms with Gasteiger partial charge in [-0.15, -0.1) is 0 Å². The molecule has 4 rings (SSSR count). The van der Waals surface area contributed by atoms with Gasteiger partial charge in [0.2, 0.25) is 0 Å². The number of anilines is 1. The SMILES string of the molecule is O=C(Nc1cnc(C2CC2)nc1)N1CCOC2(CCCCCC2)C1. The van der Waals surface area contributed by atoms with Crippen LogP contribution in [0.2, 0.25) is 0 Å². The van der Waals surface area contributed by atoms with Crippen LogP contribution in [0.1, 0.15) is 63.1 Å². The molecule has 0 atom stereocenters. The highest BCUT2D eigenvalue weighted by Crippen LogP contribution is 2.38. The summed E-state index contributed by atoms with van der Waals surface area (Å²) in [6.07, 6.45) is 12.9. The highest BCUT2D eigenvalue weighted by molar-refractivity contribution is 5.89. The van der Waals surface area contributed by atoms with Crippen molar-refractivity contribution in [2.75, 3.05) is 25.0 Å². The zero-order valence-corrected chi connectivity index (χ0v) is 14.2. The minimum atomic E-state index is -0.127. The predicted octanol–water partition coefficient (Wildman–Crippen LogP) is 3.31. The lowest BCUT2D eigenvalue weighted by Gasteiger charge is -2.42. The van der Waals surface area contributed by atoms with Crippen molar-refractivity contribution >= 4 is 11.7 Å². The molecule has 0 bridgehead atoms. The third-order valence-corrected chi connectivity index (χ3v) is 5.42. The van der Waals surface area contributed by atoms with Crippen molar-refractivity contribution in [3.63, 3.8) is 0 Å². The Morgan fingerprint density at radius 2 is 1.88 bits per heavy atom. The second-order valence-electron chi connectivity index (χ2n) is 7.40. The third-order valence-electron chi connectivity index (χ3n) is 5.42. The van der Waals surface area contributed by atoms with E-state index in [9.17, 15) is 4.79 Å². The molecular weight excluding hydrogens is 304 g/mol. The van der Waals surface area contributed by atoms with Crippen molar-refractivity contribution in [1.82, 2.24) is 14.9 Å². The molecule has 1 N–H and O–H groups in total. The largest absolute Gasteiger partial charge is 0.371 e. The van der Waals surface area contributed by atoms with Gasteiger partial charge in [-0.2, -0.15) is 0 Å². The van der Waals surface area contributed by atoms with E-state index in [2.05, 4.69) is 15.3 Å². The van der Waals surface area contributed by atoms with Crippen LogP contribution >= 0.6 is 0 Å². The van der Waals surface area contributed by atoms with Crippen molar-refractivity contribution in [3.05, 3.63) is 18.2 Å². The van der Waals surface area contributed by atoms with Gasteiger partial charge in [-0.1, -0.05) is 25.7 Å². The number of hydrogen-bond donors (Lipinski definition) is 1. The first-order chi connectivity index (χ1) is 11.7. The van der Waals surface area contributed by atoms with Crippen LogP contribution in [0.5, 0.6) is 0 Å². The Bertz CT molecular complexity index is 577. The van der Waals surface area contributed by atoms with Crippen LogP contribution < -0.4 is 5.32 Å². The molecule has 6 nitrogen and oxygen atoms in total. The van der Waals surface area contributed by atoms with Gasteiger partial charge in [-0.25, -0.2) is 14.8 Å². The van der Waals surface area contributed by atoms with Crippen LogP contribution in [-0.4, -0.2) is 46.2 Å². The number of nitrogens with one attached hydrogen (secondary N) is 1. The van der Waals surface area contributed by atoms with Crippen molar-refractivity contribution in [3.8, 4) is 0 Å². The van der Waals surface area contributed by atoms with E-state index >= 15 is 0 Å². The minimum Gasteiger partial charge on any atom is -0.371 e. The molecule has 1 saturated heterocycles. The second-order valence-corrected chi connectivity index (χ2v) is 7.40. The van der Waals surface area contributed by atoms with E-state index in [0.717, 1.165) is 18.7 Å². The lowest BCUT2D eigenvalue weighted by Crippen LogP contribution is -2.54. The van der Waals surface area contributed by atoms with Crippen molar-refractivity contribution in [1.29, 1.82) is 0 Å². The number of urea groups is 1. The first-order valence-electron chi connectivity index (χ1n) is 9.26. The molecule has 1 aromatic rings. The molecule has 24 heavy (non-hydrogen) atoms. The average Bonchev–Trinajstić information content (AvgIpc) is 3.44. The van der Waals surface area contributed by atoms with Crippen LogP contribution in [0, 0.1) is 0 Å². The standard InChI is InChI=1S/C18H26N4O2/c23-17(21-15-11-19-16(20-12-15)14-5-6-14)22-9-10-24-18(13-22)7-3-1-2-4-8-18/h11-12,14H,1-10,13H2,(H,21,23). The summed E-state index contributed by atoms with van der Waals surface area (Å²) in [7, 11) is 0. The number of morpholine rings is 1. The van der Waals surface area contributed by atoms with E-state index in [1.54, 1.807) is 12.4 Å².